The highest BCUT2D eigenvalue weighted by Crippen LogP contribution is 2.00. The van der Waals surface area contributed by atoms with E-state index in [2.05, 4.69) is 16.6 Å². The molecule has 0 aromatic heterocycles. The molecule has 0 saturated carbocycles. The fourth-order valence-electron chi connectivity index (χ4n) is 0.917. The van der Waals surface area contributed by atoms with Crippen molar-refractivity contribution in [1.82, 2.24) is 0 Å². The summed E-state index contributed by atoms with van der Waals surface area (Å²) in [6.07, 6.45) is 1.57. The van der Waals surface area contributed by atoms with Gasteiger partial charge in [0.15, 0.2) is 0 Å². The summed E-state index contributed by atoms with van der Waals surface area (Å²) in [5, 5.41) is 0. The molecule has 0 radical (unpaired) electrons. The summed E-state index contributed by atoms with van der Waals surface area (Å²) in [7, 11) is 3.34. The van der Waals surface area contributed by atoms with Crippen LogP contribution in [0, 0.1) is 5.92 Å². The molecule has 0 spiro atoms. The van der Waals surface area contributed by atoms with Crippen molar-refractivity contribution >= 4 is 11.7 Å². The third-order valence-corrected chi connectivity index (χ3v) is 1.68. The van der Waals surface area contributed by atoms with E-state index in [1.54, 1.807) is 20.2 Å². The molecule has 4 heteroatoms. The normalized spacial score (nSPS) is 13.1. The van der Waals surface area contributed by atoms with Gasteiger partial charge in [0, 0.05) is 20.1 Å². The van der Waals surface area contributed by atoms with Crippen molar-refractivity contribution in [3.05, 3.63) is 12.7 Å². The largest absolute Gasteiger partial charge is 0.475 e. The lowest BCUT2D eigenvalue weighted by Crippen LogP contribution is -2.12. The van der Waals surface area contributed by atoms with Crippen LogP contribution in [0.4, 0.5) is 0 Å². The average molecular weight is 212 g/mol. The number of aliphatic imine (C=N–C) groups is 2. The summed E-state index contributed by atoms with van der Waals surface area (Å²) in [5.74, 6) is 1.51. The van der Waals surface area contributed by atoms with E-state index in [0.29, 0.717) is 19.1 Å². The van der Waals surface area contributed by atoms with Crippen LogP contribution in [0.1, 0.15) is 13.8 Å². The highest BCUT2D eigenvalue weighted by Gasteiger charge is 2.04. The molecule has 0 aliphatic heterocycles. The third kappa shape index (κ3) is 6.01. The van der Waals surface area contributed by atoms with E-state index in [-0.39, 0.29) is 5.92 Å². The van der Waals surface area contributed by atoms with Gasteiger partial charge < -0.3 is 9.47 Å². The van der Waals surface area contributed by atoms with E-state index in [9.17, 15) is 0 Å². The van der Waals surface area contributed by atoms with Gasteiger partial charge in [0.25, 0.3) is 0 Å². The van der Waals surface area contributed by atoms with Crippen molar-refractivity contribution < 1.29 is 9.47 Å². The van der Waals surface area contributed by atoms with Crippen molar-refractivity contribution in [3.63, 3.8) is 0 Å². The Hall–Kier alpha value is -1.16. The number of methoxy groups -OCH3 is 1. The minimum atomic E-state index is 0.274. The van der Waals surface area contributed by atoms with Crippen molar-refractivity contribution in [1.29, 1.82) is 0 Å². The fraction of sp³-hybridized carbons (Fsp3) is 0.636. The van der Waals surface area contributed by atoms with E-state index in [1.165, 1.54) is 0 Å². The summed E-state index contributed by atoms with van der Waals surface area (Å²) >= 11 is 0. The van der Waals surface area contributed by atoms with E-state index in [0.717, 1.165) is 5.84 Å². The molecule has 15 heavy (non-hydrogen) atoms. The van der Waals surface area contributed by atoms with Gasteiger partial charge in [-0.05, 0) is 6.08 Å². The Kier molecular flexibility index (Phi) is 7.54. The predicted octanol–water partition coefficient (Wildman–Crippen LogP) is 1.92. The molecule has 0 unspecified atom stereocenters. The van der Waals surface area contributed by atoms with Crippen LogP contribution in [0.25, 0.3) is 0 Å². The predicted molar refractivity (Wildman–Crippen MR) is 63.7 cm³/mol. The van der Waals surface area contributed by atoms with Gasteiger partial charge >= 0.3 is 0 Å². The van der Waals surface area contributed by atoms with Crippen molar-refractivity contribution in [2.75, 3.05) is 27.4 Å². The quantitative estimate of drug-likeness (QED) is 0.397. The van der Waals surface area contributed by atoms with Gasteiger partial charge in [-0.1, -0.05) is 20.4 Å². The number of hydrogen-bond donors (Lipinski definition) is 0. The maximum atomic E-state index is 5.34. The zero-order valence-electron chi connectivity index (χ0n) is 9.99. The molecule has 0 aromatic carbocycles. The number of nitrogens with zero attached hydrogens (tertiary/aromatic N) is 2. The lowest BCUT2D eigenvalue weighted by molar-refractivity contribution is 0.142. The Morgan fingerprint density at radius 3 is 2.47 bits per heavy atom. The van der Waals surface area contributed by atoms with E-state index in [1.807, 2.05) is 13.8 Å². The molecule has 0 aromatic rings. The Morgan fingerprint density at radius 2 is 2.07 bits per heavy atom. The molecule has 0 heterocycles. The summed E-state index contributed by atoms with van der Waals surface area (Å²) < 4.78 is 10.2. The van der Waals surface area contributed by atoms with Crippen LogP contribution < -0.4 is 0 Å². The molecular formula is C11H20N2O2. The minimum Gasteiger partial charge on any atom is -0.475 e. The maximum Gasteiger partial charge on any atom is 0.214 e. The first-order valence-corrected chi connectivity index (χ1v) is 4.95. The van der Waals surface area contributed by atoms with Gasteiger partial charge in [-0.2, -0.15) is 4.99 Å². The molecule has 0 atom stereocenters. The zero-order valence-corrected chi connectivity index (χ0v) is 9.99. The fourth-order valence-corrected chi connectivity index (χ4v) is 0.917. The Labute approximate surface area is 91.7 Å². The number of amidine groups is 1. The van der Waals surface area contributed by atoms with E-state index < -0.39 is 0 Å². The number of rotatable bonds is 5. The van der Waals surface area contributed by atoms with Gasteiger partial charge in [-0.25, -0.2) is 0 Å². The number of ether oxygens (including phenoxy) is 2. The summed E-state index contributed by atoms with van der Waals surface area (Å²) in [4.78, 5) is 8.33. The van der Waals surface area contributed by atoms with Crippen molar-refractivity contribution in [2.45, 2.75) is 13.8 Å². The van der Waals surface area contributed by atoms with Crippen molar-refractivity contribution in [2.24, 2.45) is 15.9 Å². The van der Waals surface area contributed by atoms with Crippen molar-refractivity contribution in [3.8, 4) is 0 Å². The third-order valence-electron chi connectivity index (χ3n) is 1.68. The molecule has 0 bridgehead atoms. The molecule has 0 fully saturated rings. The van der Waals surface area contributed by atoms with Crippen LogP contribution in [0.5, 0.6) is 0 Å². The summed E-state index contributed by atoms with van der Waals surface area (Å²) in [5.41, 5.74) is 0. The van der Waals surface area contributed by atoms with Crippen LogP contribution in [-0.2, 0) is 9.47 Å². The molecule has 0 saturated heterocycles. The molecule has 4 nitrogen and oxygen atoms in total. The second-order valence-corrected chi connectivity index (χ2v) is 3.23. The highest BCUT2D eigenvalue weighted by atomic mass is 16.5. The monoisotopic (exact) mass is 212 g/mol. The lowest BCUT2D eigenvalue weighted by Gasteiger charge is -2.07. The molecule has 86 valence electrons. The Balaban J connectivity index is 4.37. The first-order valence-electron chi connectivity index (χ1n) is 4.95. The van der Waals surface area contributed by atoms with E-state index in [4.69, 9.17) is 9.47 Å². The maximum absolute atomic E-state index is 5.34. The van der Waals surface area contributed by atoms with Gasteiger partial charge in [0.1, 0.15) is 12.4 Å². The molecular weight excluding hydrogens is 192 g/mol. The SMILES string of the molecule is C=CC(=NC(=NC)C(C)C)OCCOC. The smallest absolute Gasteiger partial charge is 0.214 e. The standard InChI is InChI=1S/C11H20N2O2/c1-6-10(15-8-7-14-5)13-11(12-4)9(2)3/h6,9H,1,7-8H2,2-5H3. The molecule has 0 N–H and O–H groups in total. The average Bonchev–Trinajstić information content (AvgIpc) is 2.22. The second kappa shape index (κ2) is 8.17. The molecule has 0 rings (SSSR count). The van der Waals surface area contributed by atoms with Gasteiger partial charge in [-0.15, -0.1) is 0 Å². The highest BCUT2D eigenvalue weighted by molar-refractivity contribution is 5.99. The van der Waals surface area contributed by atoms with Crippen LogP contribution in [0.15, 0.2) is 22.6 Å². The van der Waals surface area contributed by atoms with Gasteiger partial charge in [-0.3, -0.25) is 4.99 Å². The first-order chi connectivity index (χ1) is 7.15. The van der Waals surface area contributed by atoms with Gasteiger partial charge in [0.05, 0.1) is 6.61 Å². The molecule has 0 aliphatic rings. The topological polar surface area (TPSA) is 43.2 Å². The van der Waals surface area contributed by atoms with Crippen LogP contribution >= 0.6 is 0 Å². The second-order valence-electron chi connectivity index (χ2n) is 3.23. The summed E-state index contributed by atoms with van der Waals surface area (Å²) in [6, 6.07) is 0. The van der Waals surface area contributed by atoms with Gasteiger partial charge in [0.2, 0.25) is 5.90 Å². The van der Waals surface area contributed by atoms with Crippen LogP contribution in [0.2, 0.25) is 0 Å². The lowest BCUT2D eigenvalue weighted by atomic mass is 10.2. The minimum absolute atomic E-state index is 0.274. The first kappa shape index (κ1) is 13.8. The Morgan fingerprint density at radius 1 is 1.40 bits per heavy atom. The van der Waals surface area contributed by atoms with Crippen LogP contribution in [-0.4, -0.2) is 39.1 Å². The zero-order chi connectivity index (χ0) is 11.7. The van der Waals surface area contributed by atoms with E-state index >= 15 is 0 Å². The summed E-state index contributed by atoms with van der Waals surface area (Å²) in [6.45, 7) is 8.70. The number of hydrogen-bond acceptors (Lipinski definition) is 3. The molecule has 0 aliphatic carbocycles. The molecule has 0 amide bonds. The van der Waals surface area contributed by atoms with Crippen LogP contribution in [0.3, 0.4) is 0 Å². The Bertz CT molecular complexity index is 245.